The molecule has 2 aromatic heterocycles. The van der Waals surface area contributed by atoms with Gasteiger partial charge < -0.3 is 43.6 Å². The van der Waals surface area contributed by atoms with Gasteiger partial charge >= 0.3 is 23.3 Å². The van der Waals surface area contributed by atoms with E-state index in [9.17, 15) is 24.0 Å². The highest BCUT2D eigenvalue weighted by molar-refractivity contribution is 5.82. The Labute approximate surface area is 318 Å². The molecule has 18 heteroatoms. The molecule has 0 saturated carbocycles. The minimum Gasteiger partial charge on any atom is -0.463 e. The number of nitrogens with zero attached hydrogens (tertiary/aromatic N) is 4. The predicted molar refractivity (Wildman–Crippen MR) is 192 cm³/mol. The molecular weight excluding hydrogens is 722 g/mol. The van der Waals surface area contributed by atoms with Crippen LogP contribution in [0.3, 0.4) is 0 Å². The second-order valence-corrected chi connectivity index (χ2v) is 15.8. The summed E-state index contributed by atoms with van der Waals surface area (Å²) >= 11 is 0. The van der Waals surface area contributed by atoms with E-state index in [-0.39, 0.29) is 60.9 Å². The average molecular weight is 776 g/mol. The van der Waals surface area contributed by atoms with Crippen LogP contribution in [0.4, 0.5) is 5.82 Å². The first-order valence-electron chi connectivity index (χ1n) is 18.5. The summed E-state index contributed by atoms with van der Waals surface area (Å²) < 4.78 is 48.9. The Balaban J connectivity index is 0.000000214. The van der Waals surface area contributed by atoms with Crippen molar-refractivity contribution in [1.29, 1.82) is 0 Å². The summed E-state index contributed by atoms with van der Waals surface area (Å²) in [5.41, 5.74) is 4.86. The Bertz CT molecular complexity index is 1840. The molecule has 4 fully saturated rings. The number of esters is 2. The molecule has 0 amide bonds. The SMILES string of the molecule is CC(C)C(=O)Cc1ccn([C@@H]2O[C@H](COC(=O)C(C)C)[C@H]3OC(C)(C)O[C@H]32)c(=O)n1.CC(C)C(=O)OC[C@H]1O[C@@H](n2ccc(N)nc2=O)[C@@H]2OC(C)(C)O[C@@H]21. The Morgan fingerprint density at radius 3 is 1.51 bits per heavy atom. The van der Waals surface area contributed by atoms with Crippen LogP contribution in [0.25, 0.3) is 0 Å². The van der Waals surface area contributed by atoms with Crippen molar-refractivity contribution in [3.8, 4) is 0 Å². The smallest absolute Gasteiger partial charge is 0.351 e. The first-order valence-corrected chi connectivity index (χ1v) is 18.5. The van der Waals surface area contributed by atoms with Gasteiger partial charge in [0.25, 0.3) is 0 Å². The largest absolute Gasteiger partial charge is 0.463 e. The van der Waals surface area contributed by atoms with Gasteiger partial charge in [-0.2, -0.15) is 9.97 Å². The van der Waals surface area contributed by atoms with Crippen LogP contribution in [0.15, 0.2) is 34.1 Å². The molecule has 6 rings (SSSR count). The highest BCUT2D eigenvalue weighted by Gasteiger charge is 2.57. The fourth-order valence-corrected chi connectivity index (χ4v) is 6.44. The fourth-order valence-electron chi connectivity index (χ4n) is 6.44. The van der Waals surface area contributed by atoms with Crippen LogP contribution in [0.2, 0.25) is 0 Å². The summed E-state index contributed by atoms with van der Waals surface area (Å²) in [4.78, 5) is 68.1. The van der Waals surface area contributed by atoms with Crippen LogP contribution in [-0.2, 0) is 58.7 Å². The Hall–Kier alpha value is -4.07. The van der Waals surface area contributed by atoms with Crippen LogP contribution in [0.5, 0.6) is 0 Å². The van der Waals surface area contributed by atoms with Crippen molar-refractivity contribution in [2.45, 2.75) is 136 Å². The molecule has 2 aromatic rings. The number of nitrogens with two attached hydrogens (primary N) is 1. The predicted octanol–water partition coefficient (Wildman–Crippen LogP) is 2.07. The average Bonchev–Trinajstić information content (AvgIpc) is 3.78. The summed E-state index contributed by atoms with van der Waals surface area (Å²) in [6.45, 7) is 17.8. The van der Waals surface area contributed by atoms with Gasteiger partial charge in [0.05, 0.1) is 17.5 Å². The van der Waals surface area contributed by atoms with Gasteiger partial charge in [0.1, 0.15) is 61.4 Å². The number of carbonyl (C=O) groups excluding carboxylic acids is 3. The maximum absolute atomic E-state index is 12.7. The molecule has 0 spiro atoms. The standard InChI is InChI=1S/C21H30N2O7.C16H23N3O6/c1-11(2)14(24)9-13-7-8-23(20(26)22-13)18-17-16(29-21(5,6)30-17)15(28-18)10-27-19(25)12(3)4;1-8(2)14(20)22-7-9-11-12(25-16(3,4)24-11)13(23-9)19-6-5-10(17)18-15(19)21/h7-8,11-12,15-18H,9-10H2,1-6H3;5-6,8-9,11-13H,7H2,1-4H3,(H2,17,18,21)/t15-,16-,17-,18-;9-,11-,12-,13-/m11/s1. The van der Waals surface area contributed by atoms with Gasteiger partial charge in [-0.25, -0.2) is 9.59 Å². The fraction of sp³-hybridized carbons (Fsp3) is 0.703. The van der Waals surface area contributed by atoms with Crippen molar-refractivity contribution >= 4 is 23.5 Å². The number of nitrogen functional groups attached to an aromatic ring is 1. The molecule has 0 aliphatic carbocycles. The first kappa shape index (κ1) is 42.1. The second-order valence-electron chi connectivity index (χ2n) is 15.8. The molecule has 55 heavy (non-hydrogen) atoms. The number of aromatic nitrogens is 4. The zero-order valence-electron chi connectivity index (χ0n) is 33.0. The van der Waals surface area contributed by atoms with Crippen molar-refractivity contribution < 1.29 is 52.3 Å². The maximum atomic E-state index is 12.7. The Kier molecular flexibility index (Phi) is 12.7. The van der Waals surface area contributed by atoms with Crippen molar-refractivity contribution in [2.24, 2.45) is 17.8 Å². The number of fused-ring (bicyclic) bond motifs is 2. The minimum absolute atomic E-state index is 0.00271. The summed E-state index contributed by atoms with van der Waals surface area (Å²) in [6, 6.07) is 3.14. The lowest BCUT2D eigenvalue weighted by atomic mass is 10.0. The van der Waals surface area contributed by atoms with E-state index in [0.717, 1.165) is 0 Å². The van der Waals surface area contributed by atoms with Crippen molar-refractivity contribution in [3.05, 3.63) is 51.2 Å². The summed E-state index contributed by atoms with van der Waals surface area (Å²) in [6.07, 6.45) is -1.56. The monoisotopic (exact) mass is 775 g/mol. The normalized spacial score (nSPS) is 28.8. The van der Waals surface area contributed by atoms with Crippen molar-refractivity contribution in [3.63, 3.8) is 0 Å². The molecule has 4 saturated heterocycles. The van der Waals surface area contributed by atoms with E-state index in [0.29, 0.717) is 5.69 Å². The number of anilines is 1. The molecule has 2 N–H and O–H groups in total. The van der Waals surface area contributed by atoms with Gasteiger partial charge in [-0.3, -0.25) is 23.5 Å². The molecule has 0 radical (unpaired) electrons. The van der Waals surface area contributed by atoms with E-state index in [2.05, 4.69) is 9.97 Å². The number of hydrogen-bond acceptors (Lipinski definition) is 16. The van der Waals surface area contributed by atoms with E-state index in [4.69, 9.17) is 43.6 Å². The molecule has 4 aliphatic heterocycles. The van der Waals surface area contributed by atoms with Gasteiger partial charge in [0.15, 0.2) is 24.0 Å². The summed E-state index contributed by atoms with van der Waals surface area (Å²) in [5.74, 6) is -2.85. The van der Waals surface area contributed by atoms with Crippen molar-refractivity contribution in [2.75, 3.05) is 18.9 Å². The lowest BCUT2D eigenvalue weighted by Gasteiger charge is -2.25. The van der Waals surface area contributed by atoms with E-state index in [1.54, 1.807) is 67.7 Å². The summed E-state index contributed by atoms with van der Waals surface area (Å²) in [7, 11) is 0. The van der Waals surface area contributed by atoms with Gasteiger partial charge in [-0.05, 0) is 39.8 Å². The Morgan fingerprint density at radius 2 is 1.11 bits per heavy atom. The third-order valence-corrected chi connectivity index (χ3v) is 9.26. The number of Topliss-reactive ketones (excluding diaryl/α,β-unsaturated/α-hetero) is 1. The number of hydrogen-bond donors (Lipinski definition) is 1. The lowest BCUT2D eigenvalue weighted by molar-refractivity contribution is -0.203. The van der Waals surface area contributed by atoms with Crippen LogP contribution in [0, 0.1) is 17.8 Å². The van der Waals surface area contributed by atoms with Gasteiger partial charge in [0, 0.05) is 24.7 Å². The molecule has 4 aliphatic rings. The molecule has 0 aromatic carbocycles. The topological polar surface area (TPSA) is 221 Å². The third-order valence-electron chi connectivity index (χ3n) is 9.26. The minimum atomic E-state index is -0.863. The van der Waals surface area contributed by atoms with Crippen LogP contribution in [0.1, 0.15) is 87.4 Å². The van der Waals surface area contributed by atoms with Gasteiger partial charge in [-0.1, -0.05) is 41.5 Å². The molecule has 0 bridgehead atoms. The van der Waals surface area contributed by atoms with Gasteiger partial charge in [-0.15, -0.1) is 0 Å². The second kappa shape index (κ2) is 16.6. The van der Waals surface area contributed by atoms with E-state index < -0.39 is 72.0 Å². The van der Waals surface area contributed by atoms with E-state index >= 15 is 0 Å². The molecule has 6 heterocycles. The number of ether oxygens (including phenoxy) is 8. The molecule has 0 unspecified atom stereocenters. The quantitative estimate of drug-likeness (QED) is 0.323. The zero-order chi connectivity index (χ0) is 40.6. The van der Waals surface area contributed by atoms with Crippen molar-refractivity contribution in [1.82, 2.24) is 19.1 Å². The van der Waals surface area contributed by atoms with E-state index in [1.165, 1.54) is 21.4 Å². The van der Waals surface area contributed by atoms with Crippen LogP contribution in [-0.4, -0.2) is 98.2 Å². The molecular formula is C37H53N5O13. The van der Waals surface area contributed by atoms with Crippen LogP contribution < -0.4 is 17.1 Å². The number of carbonyl (C=O) groups is 3. The Morgan fingerprint density at radius 1 is 0.691 bits per heavy atom. The first-order chi connectivity index (χ1) is 25.7. The third kappa shape index (κ3) is 9.85. The highest BCUT2D eigenvalue weighted by Crippen LogP contribution is 2.44. The summed E-state index contributed by atoms with van der Waals surface area (Å²) in [5, 5.41) is 0. The molecule has 304 valence electrons. The zero-order valence-corrected chi connectivity index (χ0v) is 33.0. The number of ketones is 1. The maximum Gasteiger partial charge on any atom is 0.351 e. The number of rotatable bonds is 11. The lowest BCUT2D eigenvalue weighted by Crippen LogP contribution is -2.35. The highest BCUT2D eigenvalue weighted by atomic mass is 16.8. The van der Waals surface area contributed by atoms with E-state index in [1.807, 2.05) is 13.8 Å². The van der Waals surface area contributed by atoms with Gasteiger partial charge in [0.2, 0.25) is 0 Å². The molecule has 18 nitrogen and oxygen atoms in total. The molecule has 8 atom stereocenters. The van der Waals surface area contributed by atoms with Crippen LogP contribution >= 0.6 is 0 Å².